The average Bonchev–Trinajstić information content (AvgIpc) is 2.67. The second kappa shape index (κ2) is 4.28. The van der Waals surface area contributed by atoms with Gasteiger partial charge in [-0.3, -0.25) is 4.68 Å². The number of hydrogen-bond donors (Lipinski definition) is 0. The Morgan fingerprint density at radius 3 is 2.93 bits per heavy atom. The highest BCUT2D eigenvalue weighted by Crippen LogP contribution is 2.25. The summed E-state index contributed by atoms with van der Waals surface area (Å²) in [5.74, 6) is 0.732. The highest BCUT2D eigenvalue weighted by Gasteiger charge is 2.15. The Morgan fingerprint density at radius 2 is 2.21 bits per heavy atom. The van der Waals surface area contributed by atoms with E-state index < -0.39 is 0 Å². The number of aromatic nitrogens is 2. The van der Waals surface area contributed by atoms with E-state index in [0.29, 0.717) is 5.69 Å². The van der Waals surface area contributed by atoms with Crippen molar-refractivity contribution in [2.45, 2.75) is 38.6 Å². The summed E-state index contributed by atoms with van der Waals surface area (Å²) >= 11 is 0. The Morgan fingerprint density at radius 1 is 1.43 bits per heavy atom. The summed E-state index contributed by atoms with van der Waals surface area (Å²) in [6, 6.07) is 3.95. The molecule has 0 unspecified atom stereocenters. The first-order chi connectivity index (χ1) is 6.90. The number of nitriles is 1. The highest BCUT2D eigenvalue weighted by atomic mass is 15.3. The molecule has 0 atom stereocenters. The third kappa shape index (κ3) is 1.95. The van der Waals surface area contributed by atoms with Crippen LogP contribution in [0.3, 0.4) is 0 Å². The van der Waals surface area contributed by atoms with E-state index in [2.05, 4.69) is 11.2 Å². The van der Waals surface area contributed by atoms with Crippen molar-refractivity contribution in [3.05, 3.63) is 18.0 Å². The number of rotatable bonds is 2. The minimum atomic E-state index is 0.690. The van der Waals surface area contributed by atoms with Crippen LogP contribution in [0.15, 0.2) is 12.3 Å². The van der Waals surface area contributed by atoms with Gasteiger partial charge >= 0.3 is 0 Å². The van der Waals surface area contributed by atoms with Crippen molar-refractivity contribution in [2.75, 3.05) is 0 Å². The summed E-state index contributed by atoms with van der Waals surface area (Å²) in [7, 11) is 0. The predicted octanol–water partition coefficient (Wildman–Crippen LogP) is 2.34. The van der Waals surface area contributed by atoms with Crippen molar-refractivity contribution in [3.8, 4) is 6.07 Å². The normalized spacial score (nSPS) is 17.9. The van der Waals surface area contributed by atoms with Gasteiger partial charge in [0.15, 0.2) is 0 Å². The first kappa shape index (κ1) is 9.26. The fourth-order valence-electron chi connectivity index (χ4n) is 2.19. The SMILES string of the molecule is N#Cc1ccnn1CC1CCCCC1. The van der Waals surface area contributed by atoms with Crippen LogP contribution in [0, 0.1) is 17.2 Å². The van der Waals surface area contributed by atoms with Gasteiger partial charge in [0.25, 0.3) is 0 Å². The molecule has 3 heteroatoms. The molecular weight excluding hydrogens is 174 g/mol. The molecule has 1 aliphatic rings. The lowest BCUT2D eigenvalue weighted by molar-refractivity contribution is 0.307. The molecule has 0 bridgehead atoms. The average molecular weight is 189 g/mol. The highest BCUT2D eigenvalue weighted by molar-refractivity contribution is 5.18. The zero-order valence-electron chi connectivity index (χ0n) is 8.32. The van der Waals surface area contributed by atoms with E-state index in [1.807, 2.05) is 4.68 Å². The van der Waals surface area contributed by atoms with E-state index in [0.717, 1.165) is 12.5 Å². The van der Waals surface area contributed by atoms with E-state index in [4.69, 9.17) is 5.26 Å². The first-order valence-corrected chi connectivity index (χ1v) is 5.32. The van der Waals surface area contributed by atoms with Crippen molar-refractivity contribution < 1.29 is 0 Å². The summed E-state index contributed by atoms with van der Waals surface area (Å²) in [4.78, 5) is 0. The molecule has 1 aromatic rings. The fourth-order valence-corrected chi connectivity index (χ4v) is 2.19. The Labute approximate surface area is 84.3 Å². The van der Waals surface area contributed by atoms with Crippen LogP contribution in [0.4, 0.5) is 0 Å². The van der Waals surface area contributed by atoms with Gasteiger partial charge in [-0.05, 0) is 24.8 Å². The fraction of sp³-hybridized carbons (Fsp3) is 0.636. The van der Waals surface area contributed by atoms with Crippen LogP contribution < -0.4 is 0 Å². The van der Waals surface area contributed by atoms with Gasteiger partial charge in [-0.15, -0.1) is 0 Å². The molecule has 0 radical (unpaired) electrons. The monoisotopic (exact) mass is 189 g/mol. The van der Waals surface area contributed by atoms with Gasteiger partial charge < -0.3 is 0 Å². The maximum Gasteiger partial charge on any atom is 0.138 e. The second-order valence-corrected chi connectivity index (χ2v) is 4.01. The van der Waals surface area contributed by atoms with Crippen LogP contribution in [0.5, 0.6) is 0 Å². The summed E-state index contributed by atoms with van der Waals surface area (Å²) in [6.07, 6.45) is 8.36. The van der Waals surface area contributed by atoms with Crippen LogP contribution in [0.2, 0.25) is 0 Å². The van der Waals surface area contributed by atoms with Crippen molar-refractivity contribution in [1.82, 2.24) is 9.78 Å². The van der Waals surface area contributed by atoms with Crippen molar-refractivity contribution in [1.29, 1.82) is 5.26 Å². The van der Waals surface area contributed by atoms with Gasteiger partial charge in [-0.1, -0.05) is 19.3 Å². The standard InChI is InChI=1S/C11H15N3/c12-8-11-6-7-13-14(11)9-10-4-2-1-3-5-10/h6-7,10H,1-5,9H2. The van der Waals surface area contributed by atoms with Gasteiger partial charge in [0.2, 0.25) is 0 Å². The minimum absolute atomic E-state index is 0.690. The Kier molecular flexibility index (Phi) is 2.83. The topological polar surface area (TPSA) is 41.6 Å². The first-order valence-electron chi connectivity index (χ1n) is 5.32. The third-order valence-electron chi connectivity index (χ3n) is 2.99. The molecule has 1 heterocycles. The van der Waals surface area contributed by atoms with E-state index in [1.54, 1.807) is 12.3 Å². The molecule has 3 nitrogen and oxygen atoms in total. The summed E-state index contributed by atoms with van der Waals surface area (Å²) < 4.78 is 1.84. The van der Waals surface area contributed by atoms with Crippen LogP contribution in [0.1, 0.15) is 37.8 Å². The zero-order valence-corrected chi connectivity index (χ0v) is 8.32. The molecule has 0 spiro atoms. The summed E-state index contributed by atoms with van der Waals surface area (Å²) in [5.41, 5.74) is 0.690. The van der Waals surface area contributed by atoms with Gasteiger partial charge in [0.1, 0.15) is 11.8 Å². The maximum atomic E-state index is 8.83. The lowest BCUT2D eigenvalue weighted by Crippen LogP contribution is -2.15. The number of nitrogens with zero attached hydrogens (tertiary/aromatic N) is 3. The van der Waals surface area contributed by atoms with E-state index >= 15 is 0 Å². The quantitative estimate of drug-likeness (QED) is 0.716. The Bertz CT molecular complexity index is 329. The van der Waals surface area contributed by atoms with Crippen molar-refractivity contribution in [3.63, 3.8) is 0 Å². The Hall–Kier alpha value is -1.30. The molecule has 0 aromatic carbocycles. The summed E-state index contributed by atoms with van der Waals surface area (Å²) in [5, 5.41) is 13.0. The molecular formula is C11H15N3. The lowest BCUT2D eigenvalue weighted by Gasteiger charge is -2.21. The van der Waals surface area contributed by atoms with Crippen molar-refractivity contribution in [2.24, 2.45) is 5.92 Å². The van der Waals surface area contributed by atoms with E-state index in [1.165, 1.54) is 32.1 Å². The van der Waals surface area contributed by atoms with Gasteiger partial charge in [0, 0.05) is 6.54 Å². The lowest BCUT2D eigenvalue weighted by atomic mass is 9.89. The van der Waals surface area contributed by atoms with Gasteiger partial charge in [0.05, 0.1) is 6.20 Å². The molecule has 1 saturated carbocycles. The molecule has 14 heavy (non-hydrogen) atoms. The number of hydrogen-bond acceptors (Lipinski definition) is 2. The molecule has 0 aliphatic heterocycles. The van der Waals surface area contributed by atoms with Gasteiger partial charge in [-0.25, -0.2) is 0 Å². The molecule has 1 aromatic heterocycles. The van der Waals surface area contributed by atoms with E-state index in [9.17, 15) is 0 Å². The van der Waals surface area contributed by atoms with E-state index in [-0.39, 0.29) is 0 Å². The van der Waals surface area contributed by atoms with Crippen molar-refractivity contribution >= 4 is 0 Å². The zero-order chi connectivity index (χ0) is 9.80. The van der Waals surface area contributed by atoms with Crippen LogP contribution in [0.25, 0.3) is 0 Å². The predicted molar refractivity (Wildman–Crippen MR) is 53.5 cm³/mol. The maximum absolute atomic E-state index is 8.83. The van der Waals surface area contributed by atoms with Crippen LogP contribution >= 0.6 is 0 Å². The largest absolute Gasteiger partial charge is 0.255 e. The van der Waals surface area contributed by atoms with Gasteiger partial charge in [-0.2, -0.15) is 10.4 Å². The summed E-state index contributed by atoms with van der Waals surface area (Å²) in [6.45, 7) is 0.926. The Balaban J connectivity index is 1.99. The van der Waals surface area contributed by atoms with Crippen LogP contribution in [-0.2, 0) is 6.54 Å². The molecule has 1 aliphatic carbocycles. The molecule has 74 valence electrons. The molecule has 1 fully saturated rings. The molecule has 0 N–H and O–H groups in total. The molecule has 0 saturated heterocycles. The second-order valence-electron chi connectivity index (χ2n) is 4.01. The molecule has 2 rings (SSSR count). The minimum Gasteiger partial charge on any atom is -0.255 e. The van der Waals surface area contributed by atoms with Crippen LogP contribution in [-0.4, -0.2) is 9.78 Å². The molecule has 0 amide bonds. The smallest absolute Gasteiger partial charge is 0.138 e. The third-order valence-corrected chi connectivity index (χ3v) is 2.99.